The summed E-state index contributed by atoms with van der Waals surface area (Å²) in [6.45, 7) is 4.42. The van der Waals surface area contributed by atoms with Crippen molar-refractivity contribution in [1.29, 1.82) is 0 Å². The van der Waals surface area contributed by atoms with Crippen LogP contribution in [0.25, 0.3) is 0 Å². The lowest BCUT2D eigenvalue weighted by Crippen LogP contribution is -2.56. The van der Waals surface area contributed by atoms with Crippen molar-refractivity contribution in [3.05, 3.63) is 143 Å². The van der Waals surface area contributed by atoms with Crippen molar-refractivity contribution >= 4 is 91.5 Å². The van der Waals surface area contributed by atoms with E-state index >= 15 is 0 Å². The molecule has 2 saturated heterocycles. The molecule has 6 heterocycles. The molecule has 30 heteroatoms. The number of sulfonamides is 2. The summed E-state index contributed by atoms with van der Waals surface area (Å²) in [4.78, 5) is 106. The fourth-order valence-corrected chi connectivity index (χ4v) is 15.3. The normalized spacial score (nSPS) is 26.8. The number of carbonyl (C=O) groups excluding carboxylic acids is 7. The highest BCUT2D eigenvalue weighted by Crippen LogP contribution is 2.46. The van der Waals surface area contributed by atoms with Crippen molar-refractivity contribution < 1.29 is 78.6 Å². The second-order valence-electron chi connectivity index (χ2n) is 25.1. The Morgan fingerprint density at radius 3 is 1.52 bits per heavy atom. The number of aliphatic carboxylic acids is 1. The molecule has 6 aliphatic heterocycles. The number of benzene rings is 4. The van der Waals surface area contributed by atoms with Crippen LogP contribution in [0.4, 0.5) is 29.7 Å². The van der Waals surface area contributed by atoms with Gasteiger partial charge < -0.3 is 46.1 Å². The number of anilines is 2. The molecule has 96 heavy (non-hydrogen) atoms. The molecule has 0 radical (unpaired) electrons. The van der Waals surface area contributed by atoms with Crippen LogP contribution >= 0.6 is 12.4 Å². The third-order valence-corrected chi connectivity index (χ3v) is 21.1. The molecule has 2 aliphatic carbocycles. The predicted octanol–water partition coefficient (Wildman–Crippen LogP) is 6.71. The molecule has 4 aromatic carbocycles. The fraction of sp³-hybridized carbons (Fsp3) is 0.455. The smallest absolute Gasteiger partial charge is 0.410 e. The summed E-state index contributed by atoms with van der Waals surface area (Å²) in [7, 11) is -8.27. The lowest BCUT2D eigenvalue weighted by Gasteiger charge is -2.25. The minimum Gasteiger partial charge on any atom is -0.480 e. The van der Waals surface area contributed by atoms with Crippen LogP contribution in [-0.4, -0.2) is 151 Å². The molecule has 4 aromatic rings. The summed E-state index contributed by atoms with van der Waals surface area (Å²) in [5.74, 6) is -5.42. The zero-order valence-corrected chi connectivity index (χ0v) is 55.5. The van der Waals surface area contributed by atoms with E-state index in [1.807, 2.05) is 24.3 Å². The zero-order chi connectivity index (χ0) is 68.0. The minimum atomic E-state index is -4.31. The topological polar surface area (TPSA) is 343 Å². The lowest BCUT2D eigenvalue weighted by atomic mass is 10.1. The van der Waals surface area contributed by atoms with E-state index in [-0.39, 0.29) is 98.4 Å². The Morgan fingerprint density at radius 1 is 0.594 bits per heavy atom. The van der Waals surface area contributed by atoms with Gasteiger partial charge in [-0.1, -0.05) is 85.7 Å². The van der Waals surface area contributed by atoms with Crippen LogP contribution in [0.5, 0.6) is 0 Å². The van der Waals surface area contributed by atoms with Gasteiger partial charge in [0.15, 0.2) is 0 Å². The summed E-state index contributed by atoms with van der Waals surface area (Å²) < 4.78 is 95.4. The lowest BCUT2D eigenvalue weighted by molar-refractivity contribution is -0.147. The van der Waals surface area contributed by atoms with E-state index in [4.69, 9.17) is 20.3 Å². The third kappa shape index (κ3) is 16.4. The van der Waals surface area contributed by atoms with Crippen molar-refractivity contribution in [3.8, 4) is 0 Å². The molecule has 8 N–H and O–H groups in total. The Kier molecular flexibility index (Phi) is 22.5. The second-order valence-corrected chi connectivity index (χ2v) is 28.4. The number of hydrogen-bond donors (Lipinski definition) is 7. The highest BCUT2D eigenvalue weighted by Gasteiger charge is 2.62. The number of carboxylic acids is 1. The number of carboxylic acid groups (broad SMARTS) is 1. The number of hydrogen-bond acceptors (Lipinski definition) is 17. The number of ether oxygens (including phenoxy) is 2. The molecule has 516 valence electrons. The number of allylic oxidation sites excluding steroid dienone is 2. The van der Waals surface area contributed by atoms with E-state index in [1.54, 1.807) is 60.7 Å². The predicted molar refractivity (Wildman–Crippen MR) is 348 cm³/mol. The minimum absolute atomic E-state index is 0. The Labute approximate surface area is 561 Å². The van der Waals surface area contributed by atoms with E-state index in [1.165, 1.54) is 57.7 Å². The van der Waals surface area contributed by atoms with Gasteiger partial charge in [0.2, 0.25) is 17.7 Å². The highest BCUT2D eigenvalue weighted by molar-refractivity contribution is 7.90. The quantitative estimate of drug-likeness (QED) is 0.102. The van der Waals surface area contributed by atoms with Crippen molar-refractivity contribution in [2.45, 2.75) is 162 Å². The maximum Gasteiger partial charge on any atom is 0.410 e. The number of likely N-dealkylation sites (tertiary alicyclic amines) is 2. The summed E-state index contributed by atoms with van der Waals surface area (Å²) in [6, 6.07) is 20.2. The SMILES string of the molecule is CC(=O)N1C[C@H](OC(=O)N2Cc3cccc(F)c3C2)C[C@H]1C(=O)N[C@]12C[C@H]1/C=C\CCCCCNc1ccccc1S(=O)(=O)NC2=O.CC(=O)N1C[C@H](OC(=O)N2Cc3cccc(F)c3C2)C[C@H]1C(=O)O.Cl.N[C@]12C[C@H]1/C=C\CCCCCNc1ccccc1S(=O)(=O)NC2=O. The molecule has 7 amide bonds. The molecule has 0 bridgehead atoms. The molecule has 2 saturated carbocycles. The molecule has 4 fully saturated rings. The number of halogens is 3. The monoisotopic (exact) mass is 1390 g/mol. The van der Waals surface area contributed by atoms with Gasteiger partial charge in [0.25, 0.3) is 31.9 Å². The van der Waals surface area contributed by atoms with E-state index in [9.17, 15) is 64.0 Å². The number of amides is 7. The van der Waals surface area contributed by atoms with Crippen LogP contribution in [0, 0.1) is 23.5 Å². The average molecular weight is 1390 g/mol. The number of carbonyl (C=O) groups is 8. The van der Waals surface area contributed by atoms with Crippen molar-refractivity contribution in [2.24, 2.45) is 17.6 Å². The number of para-hydroxylation sites is 2. The highest BCUT2D eigenvalue weighted by atomic mass is 35.5. The Hall–Kier alpha value is -8.67. The summed E-state index contributed by atoms with van der Waals surface area (Å²) in [6.07, 6.45) is 13.1. The fourth-order valence-electron chi connectivity index (χ4n) is 12.8. The van der Waals surface area contributed by atoms with Crippen molar-refractivity contribution in [3.63, 3.8) is 0 Å². The Morgan fingerprint density at radius 2 is 1.05 bits per heavy atom. The molecule has 0 unspecified atom stereocenters. The molecule has 0 aromatic heterocycles. The van der Waals surface area contributed by atoms with Gasteiger partial charge in [-0.3, -0.25) is 33.8 Å². The number of fused-ring (bicyclic) bond motifs is 6. The number of rotatable bonds is 5. The van der Waals surface area contributed by atoms with Crippen LogP contribution in [0.1, 0.15) is 113 Å². The van der Waals surface area contributed by atoms with Gasteiger partial charge in [0.05, 0.1) is 37.6 Å². The van der Waals surface area contributed by atoms with Gasteiger partial charge in [0.1, 0.15) is 56.8 Å². The van der Waals surface area contributed by atoms with Gasteiger partial charge in [-0.25, -0.2) is 49.4 Å². The third-order valence-electron chi connectivity index (χ3n) is 18.3. The van der Waals surface area contributed by atoms with Crippen molar-refractivity contribution in [2.75, 3.05) is 36.8 Å². The van der Waals surface area contributed by atoms with Gasteiger partial charge >= 0.3 is 18.2 Å². The molecule has 8 aliphatic rings. The van der Waals surface area contributed by atoms with Gasteiger partial charge in [-0.05, 0) is 98.9 Å². The summed E-state index contributed by atoms with van der Waals surface area (Å²) >= 11 is 0. The summed E-state index contributed by atoms with van der Waals surface area (Å²) in [5, 5.41) is 18.2. The largest absolute Gasteiger partial charge is 0.480 e. The molecule has 12 rings (SSSR count). The molecular weight excluding hydrogens is 1310 g/mol. The van der Waals surface area contributed by atoms with E-state index in [2.05, 4.69) is 25.4 Å². The zero-order valence-electron chi connectivity index (χ0n) is 53.0. The maximum atomic E-state index is 14.2. The van der Waals surface area contributed by atoms with Crippen LogP contribution < -0.4 is 31.1 Å². The molecule has 8 atom stereocenters. The van der Waals surface area contributed by atoms with E-state index < -0.39 is 109 Å². The first-order valence-electron chi connectivity index (χ1n) is 31.7. The van der Waals surface area contributed by atoms with Gasteiger partial charge in [0, 0.05) is 75.8 Å². The number of nitrogens with one attached hydrogen (secondary N) is 5. The first-order chi connectivity index (χ1) is 45.3. The second kappa shape index (κ2) is 30.2. The maximum absolute atomic E-state index is 14.2. The van der Waals surface area contributed by atoms with Crippen LogP contribution in [0.2, 0.25) is 0 Å². The molecule has 0 spiro atoms. The van der Waals surface area contributed by atoms with Crippen LogP contribution in [-0.2, 0) is 84.5 Å². The number of nitrogens with zero attached hydrogens (tertiary/aromatic N) is 4. The molecular formula is C66H79ClF2N10O15S2. The van der Waals surface area contributed by atoms with Gasteiger partial charge in [-0.15, -0.1) is 12.4 Å². The van der Waals surface area contributed by atoms with E-state index in [0.717, 1.165) is 56.9 Å². The van der Waals surface area contributed by atoms with Crippen molar-refractivity contribution in [1.82, 2.24) is 34.4 Å². The first kappa shape index (κ1) is 71.6. The Balaban J connectivity index is 0.000000185. The first-order valence-corrected chi connectivity index (χ1v) is 34.7. The average Bonchev–Trinajstić information content (AvgIpc) is 1.58. The van der Waals surface area contributed by atoms with Crippen LogP contribution in [0.3, 0.4) is 0 Å². The molecule has 25 nitrogen and oxygen atoms in total. The number of nitrogens with two attached hydrogens (primary N) is 1. The Bertz CT molecular complexity index is 3940. The standard InChI is InChI=1S/C33H38FN5O7S.C17H23N3O3S.C16H17FN2O5.ClH/c1-21(40)39-19-24(46-32(43)38-18-22-10-9-12-26(34)25(22)20-38)16-28(39)30(41)36-33-17-23(33)11-5-3-2-4-8-15-35-27-13-6-7-14-29(27)47(44,45)37-31(33)42;18-17-12-13(17)8-4-2-1-3-7-11-19-14-9-5-6-10-15(14)24(22,23)20-16(17)21;1-9(20)19-7-11(5-14(19)15(21)22)24-16(23)18-6-10-3-2-4-13(17)12(10)8-18;/h5-7,9-14,23-24,28,35H,2-4,8,15-20H2,1H3,(H,36,41)(H,37,42);4-6,8-10,13,19H,1-3,7,11-12,18H2,(H,20,21);2-4,11,14H,5-8H2,1H3,(H,21,22);1H/b11-5-;8-4-;;/t23-,24-,28+,33-;13-,17-;11-,14+;/m111./s1. The van der Waals surface area contributed by atoms with E-state index in [0.29, 0.717) is 47.6 Å². The van der Waals surface area contributed by atoms with Crippen LogP contribution in [0.15, 0.2) is 119 Å². The summed E-state index contributed by atoms with van der Waals surface area (Å²) in [5.41, 5.74) is 6.58. The van der Waals surface area contributed by atoms with Gasteiger partial charge in [-0.2, -0.15) is 0 Å².